The average Bonchev–Trinajstić information content (AvgIpc) is 2.27. The Morgan fingerprint density at radius 3 is 2.74 bits per heavy atom. The van der Waals surface area contributed by atoms with Crippen molar-refractivity contribution in [2.24, 2.45) is 0 Å². The number of nitrogens with one attached hydrogen (secondary N) is 1. The van der Waals surface area contributed by atoms with E-state index in [1.807, 2.05) is 18.9 Å². The van der Waals surface area contributed by atoms with Crippen LogP contribution in [0.1, 0.15) is 19.4 Å². The predicted molar refractivity (Wildman–Crippen MR) is 75.3 cm³/mol. The first kappa shape index (κ1) is 15.4. The number of nitro groups is 1. The minimum atomic E-state index is -0.392. The first-order chi connectivity index (χ1) is 8.93. The summed E-state index contributed by atoms with van der Waals surface area (Å²) in [5, 5.41) is 23.2. The highest BCUT2D eigenvalue weighted by molar-refractivity contribution is 5.62. The number of aliphatic hydroxyl groups excluding tert-OH is 1. The van der Waals surface area contributed by atoms with Crippen LogP contribution in [0.2, 0.25) is 0 Å². The van der Waals surface area contributed by atoms with E-state index in [0.29, 0.717) is 25.3 Å². The van der Waals surface area contributed by atoms with Gasteiger partial charge in [-0.25, -0.2) is 0 Å². The molecule has 0 aliphatic carbocycles. The largest absolute Gasteiger partial charge is 0.392 e. The van der Waals surface area contributed by atoms with Crippen molar-refractivity contribution in [1.82, 2.24) is 4.90 Å². The number of benzene rings is 1. The van der Waals surface area contributed by atoms with Gasteiger partial charge < -0.3 is 10.4 Å². The van der Waals surface area contributed by atoms with E-state index >= 15 is 0 Å². The second-order valence-electron chi connectivity index (χ2n) is 4.68. The number of nitro benzene ring substituents is 1. The zero-order chi connectivity index (χ0) is 14.4. The molecule has 1 unspecified atom stereocenters. The van der Waals surface area contributed by atoms with Crippen LogP contribution in [0.15, 0.2) is 18.2 Å². The van der Waals surface area contributed by atoms with Gasteiger partial charge >= 0.3 is 0 Å². The van der Waals surface area contributed by atoms with Crippen LogP contribution in [0.4, 0.5) is 11.4 Å². The van der Waals surface area contributed by atoms with Crippen molar-refractivity contribution in [3.05, 3.63) is 33.9 Å². The van der Waals surface area contributed by atoms with Gasteiger partial charge in [-0.3, -0.25) is 15.0 Å². The third-order valence-electron chi connectivity index (χ3n) is 2.65. The van der Waals surface area contributed by atoms with Crippen LogP contribution in [-0.2, 0) is 6.54 Å². The molecular formula is C13H21N3O3. The van der Waals surface area contributed by atoms with Gasteiger partial charge in [-0.15, -0.1) is 0 Å². The van der Waals surface area contributed by atoms with Gasteiger partial charge in [0.1, 0.15) is 5.69 Å². The molecule has 1 atom stereocenters. The maximum atomic E-state index is 10.9. The van der Waals surface area contributed by atoms with Crippen LogP contribution in [0.3, 0.4) is 0 Å². The fourth-order valence-electron chi connectivity index (χ4n) is 2.00. The monoisotopic (exact) mass is 267 g/mol. The minimum absolute atomic E-state index is 0.0868. The van der Waals surface area contributed by atoms with E-state index in [-0.39, 0.29) is 10.6 Å². The van der Waals surface area contributed by atoms with Crippen LogP contribution in [0.25, 0.3) is 0 Å². The van der Waals surface area contributed by atoms with E-state index in [1.54, 1.807) is 19.1 Å². The van der Waals surface area contributed by atoms with Crippen molar-refractivity contribution in [3.63, 3.8) is 0 Å². The minimum Gasteiger partial charge on any atom is -0.392 e. The lowest BCUT2D eigenvalue weighted by molar-refractivity contribution is -0.384. The Hall–Kier alpha value is -1.66. The molecule has 0 aromatic heterocycles. The lowest BCUT2D eigenvalue weighted by atomic mass is 10.1. The first-order valence-electron chi connectivity index (χ1n) is 6.31. The average molecular weight is 267 g/mol. The van der Waals surface area contributed by atoms with Crippen LogP contribution in [-0.4, -0.2) is 41.2 Å². The molecule has 2 N–H and O–H groups in total. The van der Waals surface area contributed by atoms with E-state index in [9.17, 15) is 15.2 Å². The van der Waals surface area contributed by atoms with Crippen LogP contribution in [0, 0.1) is 10.1 Å². The Balaban J connectivity index is 2.86. The van der Waals surface area contributed by atoms with Crippen molar-refractivity contribution in [3.8, 4) is 0 Å². The Morgan fingerprint density at radius 1 is 1.53 bits per heavy atom. The molecule has 0 aliphatic rings. The van der Waals surface area contributed by atoms with Gasteiger partial charge in [0.05, 0.1) is 11.0 Å². The summed E-state index contributed by atoms with van der Waals surface area (Å²) in [5.74, 6) is 0. The molecule has 0 saturated heterocycles. The number of anilines is 1. The van der Waals surface area contributed by atoms with Gasteiger partial charge in [0.15, 0.2) is 0 Å². The van der Waals surface area contributed by atoms with Crippen molar-refractivity contribution < 1.29 is 10.0 Å². The van der Waals surface area contributed by atoms with E-state index < -0.39 is 6.10 Å². The molecule has 106 valence electrons. The summed E-state index contributed by atoms with van der Waals surface area (Å²) < 4.78 is 0. The molecule has 1 aromatic rings. The summed E-state index contributed by atoms with van der Waals surface area (Å²) in [6.07, 6.45) is -0.392. The maximum Gasteiger partial charge on any atom is 0.292 e. The molecule has 0 radical (unpaired) electrons. The fraction of sp³-hybridized carbons (Fsp3) is 0.538. The fourth-order valence-corrected chi connectivity index (χ4v) is 2.00. The lowest BCUT2D eigenvalue weighted by Crippen LogP contribution is -2.26. The SMILES string of the molecule is CCNc1cc(CN(C)CC(C)O)ccc1[N+](=O)[O-]. The van der Waals surface area contributed by atoms with Gasteiger partial charge in [0, 0.05) is 25.7 Å². The van der Waals surface area contributed by atoms with Gasteiger partial charge in [0.25, 0.3) is 5.69 Å². The van der Waals surface area contributed by atoms with E-state index in [2.05, 4.69) is 5.32 Å². The highest BCUT2D eigenvalue weighted by Crippen LogP contribution is 2.25. The maximum absolute atomic E-state index is 10.9. The van der Waals surface area contributed by atoms with Crippen molar-refractivity contribution >= 4 is 11.4 Å². The van der Waals surface area contributed by atoms with Crippen LogP contribution < -0.4 is 5.32 Å². The Bertz CT molecular complexity index is 435. The highest BCUT2D eigenvalue weighted by atomic mass is 16.6. The molecule has 0 heterocycles. The normalized spacial score (nSPS) is 12.5. The third-order valence-corrected chi connectivity index (χ3v) is 2.65. The quantitative estimate of drug-likeness (QED) is 0.582. The predicted octanol–water partition coefficient (Wildman–Crippen LogP) is 1.84. The molecule has 6 nitrogen and oxygen atoms in total. The van der Waals surface area contributed by atoms with E-state index in [1.165, 1.54) is 6.07 Å². The molecule has 0 fully saturated rings. The standard InChI is InChI=1S/C13H21N3O3/c1-4-14-12-7-11(5-6-13(12)16(18)19)9-15(3)8-10(2)17/h5-7,10,14,17H,4,8-9H2,1-3H3. The second-order valence-corrected chi connectivity index (χ2v) is 4.68. The van der Waals surface area contributed by atoms with Crippen molar-refractivity contribution in [2.45, 2.75) is 26.5 Å². The molecular weight excluding hydrogens is 246 g/mol. The Labute approximate surface area is 113 Å². The summed E-state index contributed by atoms with van der Waals surface area (Å²) >= 11 is 0. The molecule has 0 aliphatic heterocycles. The zero-order valence-electron chi connectivity index (χ0n) is 11.6. The van der Waals surface area contributed by atoms with Crippen molar-refractivity contribution in [2.75, 3.05) is 25.5 Å². The lowest BCUT2D eigenvalue weighted by Gasteiger charge is -2.18. The zero-order valence-corrected chi connectivity index (χ0v) is 11.6. The molecule has 0 bridgehead atoms. The molecule has 19 heavy (non-hydrogen) atoms. The van der Waals surface area contributed by atoms with Gasteiger partial charge in [-0.2, -0.15) is 0 Å². The van der Waals surface area contributed by atoms with E-state index in [0.717, 1.165) is 5.56 Å². The Kier molecular flexibility index (Phi) is 5.72. The number of hydrogen-bond acceptors (Lipinski definition) is 5. The van der Waals surface area contributed by atoms with Gasteiger partial charge in [-0.05, 0) is 32.5 Å². The van der Waals surface area contributed by atoms with E-state index in [4.69, 9.17) is 0 Å². The molecule has 0 amide bonds. The topological polar surface area (TPSA) is 78.6 Å². The molecule has 6 heteroatoms. The smallest absolute Gasteiger partial charge is 0.292 e. The second kappa shape index (κ2) is 7.06. The number of hydrogen-bond donors (Lipinski definition) is 2. The van der Waals surface area contributed by atoms with Crippen LogP contribution >= 0.6 is 0 Å². The Morgan fingerprint density at radius 2 is 2.21 bits per heavy atom. The summed E-state index contributed by atoms with van der Waals surface area (Å²) in [6.45, 7) is 5.47. The first-order valence-corrected chi connectivity index (χ1v) is 6.31. The van der Waals surface area contributed by atoms with Crippen molar-refractivity contribution in [1.29, 1.82) is 0 Å². The third kappa shape index (κ3) is 4.84. The number of aliphatic hydroxyl groups is 1. The van der Waals surface area contributed by atoms with Gasteiger partial charge in [-0.1, -0.05) is 6.07 Å². The number of nitrogens with zero attached hydrogens (tertiary/aromatic N) is 2. The molecule has 0 spiro atoms. The number of rotatable bonds is 7. The summed E-state index contributed by atoms with van der Waals surface area (Å²) in [6, 6.07) is 5.06. The molecule has 1 rings (SSSR count). The number of likely N-dealkylation sites (N-methyl/N-ethyl adjacent to an activating group) is 1. The van der Waals surface area contributed by atoms with Crippen LogP contribution in [0.5, 0.6) is 0 Å². The molecule has 0 saturated carbocycles. The molecule has 1 aromatic carbocycles. The summed E-state index contributed by atoms with van der Waals surface area (Å²) in [7, 11) is 1.90. The van der Waals surface area contributed by atoms with Gasteiger partial charge in [0.2, 0.25) is 0 Å². The summed E-state index contributed by atoms with van der Waals surface area (Å²) in [5.41, 5.74) is 1.60. The summed E-state index contributed by atoms with van der Waals surface area (Å²) in [4.78, 5) is 12.5. The highest BCUT2D eigenvalue weighted by Gasteiger charge is 2.14.